The summed E-state index contributed by atoms with van der Waals surface area (Å²) < 4.78 is 11.3. The van der Waals surface area contributed by atoms with Crippen molar-refractivity contribution in [1.29, 1.82) is 0 Å². The number of anilines is 1. The monoisotopic (exact) mass is 349 g/mol. The molecule has 0 aliphatic rings. The quantitative estimate of drug-likeness (QED) is 0.906. The number of rotatable bonds is 4. The van der Waals surface area contributed by atoms with Crippen molar-refractivity contribution in [2.75, 3.05) is 19.5 Å². The van der Waals surface area contributed by atoms with Crippen LogP contribution < -0.4 is 14.8 Å². The molecule has 1 N–H and O–H groups in total. The van der Waals surface area contributed by atoms with Gasteiger partial charge in [-0.05, 0) is 42.8 Å². The highest BCUT2D eigenvalue weighted by Gasteiger charge is 2.10. The Bertz CT molecular complexity index is 628. The molecule has 2 rings (SSSR count). The van der Waals surface area contributed by atoms with Crippen molar-refractivity contribution in [2.45, 2.75) is 6.92 Å². The predicted molar refractivity (Wildman–Crippen MR) is 86.4 cm³/mol. The lowest BCUT2D eigenvalue weighted by Crippen LogP contribution is -2.12. The highest BCUT2D eigenvalue weighted by atomic mass is 79.9. The van der Waals surface area contributed by atoms with Crippen LogP contribution in [-0.2, 0) is 0 Å². The second-order valence-corrected chi connectivity index (χ2v) is 5.49. The summed E-state index contributed by atoms with van der Waals surface area (Å²) in [6.45, 7) is 1.97. The van der Waals surface area contributed by atoms with Crippen LogP contribution in [0.3, 0.4) is 0 Å². The van der Waals surface area contributed by atoms with E-state index in [1.165, 1.54) is 0 Å². The van der Waals surface area contributed by atoms with Gasteiger partial charge in [-0.3, -0.25) is 4.79 Å². The molecule has 2 aromatic rings. The molecule has 4 nitrogen and oxygen atoms in total. The Balaban J connectivity index is 2.27. The van der Waals surface area contributed by atoms with E-state index >= 15 is 0 Å². The van der Waals surface area contributed by atoms with Gasteiger partial charge in [0, 0.05) is 21.8 Å². The SMILES string of the molecule is COc1cc(OC)cc(C(=O)Nc2cc(C)cc(Br)c2)c1. The van der Waals surface area contributed by atoms with Gasteiger partial charge in [0.1, 0.15) is 11.5 Å². The first-order valence-electron chi connectivity index (χ1n) is 6.33. The van der Waals surface area contributed by atoms with E-state index in [4.69, 9.17) is 9.47 Å². The Morgan fingerprint density at radius 2 is 1.62 bits per heavy atom. The summed E-state index contributed by atoms with van der Waals surface area (Å²) in [5.74, 6) is 0.930. The number of hydrogen-bond acceptors (Lipinski definition) is 3. The molecule has 5 heteroatoms. The third-order valence-electron chi connectivity index (χ3n) is 2.91. The lowest BCUT2D eigenvalue weighted by atomic mass is 10.1. The summed E-state index contributed by atoms with van der Waals surface area (Å²) in [6, 6.07) is 10.8. The maximum absolute atomic E-state index is 12.3. The topological polar surface area (TPSA) is 47.6 Å². The van der Waals surface area contributed by atoms with E-state index in [-0.39, 0.29) is 5.91 Å². The number of halogens is 1. The zero-order valence-electron chi connectivity index (χ0n) is 12.1. The Morgan fingerprint density at radius 3 is 2.14 bits per heavy atom. The minimum atomic E-state index is -0.218. The molecule has 110 valence electrons. The van der Waals surface area contributed by atoms with Crippen molar-refractivity contribution in [2.24, 2.45) is 0 Å². The smallest absolute Gasteiger partial charge is 0.255 e. The molecule has 2 aromatic carbocycles. The normalized spacial score (nSPS) is 10.1. The van der Waals surface area contributed by atoms with Gasteiger partial charge in [-0.2, -0.15) is 0 Å². The second-order valence-electron chi connectivity index (χ2n) is 4.57. The van der Waals surface area contributed by atoms with Crippen LogP contribution in [0.5, 0.6) is 11.5 Å². The molecular weight excluding hydrogens is 334 g/mol. The van der Waals surface area contributed by atoms with Crippen molar-refractivity contribution >= 4 is 27.5 Å². The first-order valence-corrected chi connectivity index (χ1v) is 7.12. The molecule has 0 aliphatic carbocycles. The molecule has 21 heavy (non-hydrogen) atoms. The Labute approximate surface area is 132 Å². The van der Waals surface area contributed by atoms with Gasteiger partial charge in [-0.25, -0.2) is 0 Å². The zero-order chi connectivity index (χ0) is 15.4. The molecule has 0 aliphatic heterocycles. The van der Waals surface area contributed by atoms with Gasteiger partial charge in [0.2, 0.25) is 0 Å². The number of nitrogens with one attached hydrogen (secondary N) is 1. The highest BCUT2D eigenvalue weighted by Crippen LogP contribution is 2.24. The maximum Gasteiger partial charge on any atom is 0.255 e. The van der Waals surface area contributed by atoms with E-state index < -0.39 is 0 Å². The summed E-state index contributed by atoms with van der Waals surface area (Å²) in [5, 5.41) is 2.86. The third-order valence-corrected chi connectivity index (χ3v) is 3.37. The second kappa shape index (κ2) is 6.63. The Hall–Kier alpha value is -2.01. The van der Waals surface area contributed by atoms with Crippen molar-refractivity contribution < 1.29 is 14.3 Å². The summed E-state index contributed by atoms with van der Waals surface area (Å²) in [4.78, 5) is 12.3. The molecule has 0 atom stereocenters. The number of benzene rings is 2. The van der Waals surface area contributed by atoms with Crippen LogP contribution in [0.15, 0.2) is 40.9 Å². The third kappa shape index (κ3) is 3.98. The average Bonchev–Trinajstić information content (AvgIpc) is 2.45. The van der Waals surface area contributed by atoms with E-state index in [1.54, 1.807) is 32.4 Å². The van der Waals surface area contributed by atoms with Crippen molar-refractivity contribution in [3.05, 3.63) is 52.0 Å². The standard InChI is InChI=1S/C16H16BrNO3/c1-10-4-12(17)8-13(5-10)18-16(19)11-6-14(20-2)9-15(7-11)21-3/h4-9H,1-3H3,(H,18,19). The lowest BCUT2D eigenvalue weighted by molar-refractivity contribution is 0.102. The summed E-state index contributed by atoms with van der Waals surface area (Å²) in [5.41, 5.74) is 2.26. The van der Waals surface area contributed by atoms with Crippen LogP contribution in [0.25, 0.3) is 0 Å². The molecule has 0 saturated carbocycles. The molecule has 0 aromatic heterocycles. The van der Waals surface area contributed by atoms with Crippen LogP contribution >= 0.6 is 15.9 Å². The van der Waals surface area contributed by atoms with Gasteiger partial charge in [-0.15, -0.1) is 0 Å². The Morgan fingerprint density at radius 1 is 1.00 bits per heavy atom. The number of hydrogen-bond donors (Lipinski definition) is 1. The fourth-order valence-corrected chi connectivity index (χ4v) is 2.56. The molecule has 0 spiro atoms. The van der Waals surface area contributed by atoms with Crippen molar-refractivity contribution in [3.8, 4) is 11.5 Å². The molecule has 1 amide bonds. The Kier molecular flexibility index (Phi) is 4.85. The number of aryl methyl sites for hydroxylation is 1. The van der Waals surface area contributed by atoms with E-state index in [9.17, 15) is 4.79 Å². The van der Waals surface area contributed by atoms with E-state index in [2.05, 4.69) is 21.2 Å². The fourth-order valence-electron chi connectivity index (χ4n) is 1.95. The molecular formula is C16H16BrNO3. The number of amides is 1. The van der Waals surface area contributed by atoms with Crippen molar-refractivity contribution in [1.82, 2.24) is 0 Å². The molecule has 0 radical (unpaired) electrons. The predicted octanol–water partition coefficient (Wildman–Crippen LogP) is 4.03. The van der Waals surface area contributed by atoms with Crippen LogP contribution in [0.4, 0.5) is 5.69 Å². The van der Waals surface area contributed by atoms with Crippen LogP contribution in [-0.4, -0.2) is 20.1 Å². The van der Waals surface area contributed by atoms with Crippen LogP contribution in [0.2, 0.25) is 0 Å². The molecule has 0 fully saturated rings. The van der Waals surface area contributed by atoms with Gasteiger partial charge < -0.3 is 14.8 Å². The largest absolute Gasteiger partial charge is 0.497 e. The first-order chi connectivity index (χ1) is 10.0. The van der Waals surface area contributed by atoms with Crippen molar-refractivity contribution in [3.63, 3.8) is 0 Å². The van der Waals surface area contributed by atoms with Gasteiger partial charge >= 0.3 is 0 Å². The summed E-state index contributed by atoms with van der Waals surface area (Å²) in [7, 11) is 3.10. The number of carbonyl (C=O) groups excluding carboxylic acids is 1. The van der Waals surface area contributed by atoms with Gasteiger partial charge in [-0.1, -0.05) is 15.9 Å². The first kappa shape index (κ1) is 15.4. The van der Waals surface area contributed by atoms with Gasteiger partial charge in [0.25, 0.3) is 5.91 Å². The summed E-state index contributed by atoms with van der Waals surface area (Å²) >= 11 is 3.41. The molecule has 0 unspecified atom stereocenters. The minimum Gasteiger partial charge on any atom is -0.497 e. The molecule has 0 saturated heterocycles. The number of methoxy groups -OCH3 is 2. The van der Waals surface area contributed by atoms with E-state index in [1.807, 2.05) is 25.1 Å². The van der Waals surface area contributed by atoms with E-state index in [0.29, 0.717) is 17.1 Å². The zero-order valence-corrected chi connectivity index (χ0v) is 13.7. The lowest BCUT2D eigenvalue weighted by Gasteiger charge is -2.10. The highest BCUT2D eigenvalue weighted by molar-refractivity contribution is 9.10. The fraction of sp³-hybridized carbons (Fsp3) is 0.188. The van der Waals surface area contributed by atoms with Crippen LogP contribution in [0.1, 0.15) is 15.9 Å². The van der Waals surface area contributed by atoms with E-state index in [0.717, 1.165) is 15.7 Å². The molecule has 0 heterocycles. The molecule has 0 bridgehead atoms. The maximum atomic E-state index is 12.3. The van der Waals surface area contributed by atoms with Gasteiger partial charge in [0.05, 0.1) is 14.2 Å². The van der Waals surface area contributed by atoms with Crippen LogP contribution in [0, 0.1) is 6.92 Å². The minimum absolute atomic E-state index is 0.218. The average molecular weight is 350 g/mol. The number of carbonyl (C=O) groups is 1. The summed E-state index contributed by atoms with van der Waals surface area (Å²) in [6.07, 6.45) is 0. The number of ether oxygens (including phenoxy) is 2. The van der Waals surface area contributed by atoms with Gasteiger partial charge in [0.15, 0.2) is 0 Å².